The molecule has 0 radical (unpaired) electrons. The smallest absolute Gasteiger partial charge is 0.283 e. The van der Waals surface area contributed by atoms with Crippen LogP contribution in [0, 0.1) is 0 Å². The Morgan fingerprint density at radius 3 is 2.65 bits per heavy atom. The van der Waals surface area contributed by atoms with Crippen LogP contribution in [-0.4, -0.2) is 15.3 Å². The second-order valence-electron chi connectivity index (χ2n) is 5.25. The van der Waals surface area contributed by atoms with Gasteiger partial charge in [0.05, 0.1) is 17.9 Å². The number of anilines is 1. The van der Waals surface area contributed by atoms with Crippen LogP contribution in [0.1, 0.15) is 46.1 Å². The molecule has 4 nitrogen and oxygen atoms in total. The molecule has 1 aliphatic carbocycles. The van der Waals surface area contributed by atoms with Gasteiger partial charge >= 0.3 is 0 Å². The van der Waals surface area contributed by atoms with Gasteiger partial charge in [-0.1, -0.05) is 0 Å². The monoisotopic (exact) mass is 299 g/mol. The van der Waals surface area contributed by atoms with Crippen molar-refractivity contribution in [1.29, 1.82) is 0 Å². The number of rotatable bonds is 3. The van der Waals surface area contributed by atoms with Crippen LogP contribution >= 0.6 is 15.9 Å². The molecule has 1 saturated carbocycles. The van der Waals surface area contributed by atoms with Gasteiger partial charge in [0.2, 0.25) is 0 Å². The Hall–Kier alpha value is -0.840. The Labute approximate surface area is 110 Å². The molecule has 0 aliphatic heterocycles. The Kier molecular flexibility index (Phi) is 3.30. The van der Waals surface area contributed by atoms with E-state index >= 15 is 0 Å². The lowest BCUT2D eigenvalue weighted by Crippen LogP contribution is -2.42. The molecule has 0 atom stereocenters. The van der Waals surface area contributed by atoms with E-state index in [-0.39, 0.29) is 17.1 Å². The molecule has 94 valence electrons. The van der Waals surface area contributed by atoms with Crippen molar-refractivity contribution in [3.8, 4) is 0 Å². The molecule has 1 fully saturated rings. The maximum Gasteiger partial charge on any atom is 0.283 e. The number of hydrogen-bond acceptors (Lipinski definition) is 3. The van der Waals surface area contributed by atoms with E-state index < -0.39 is 0 Å². The summed E-state index contributed by atoms with van der Waals surface area (Å²) in [6.45, 7) is 6.07. The van der Waals surface area contributed by atoms with Crippen molar-refractivity contribution >= 4 is 21.6 Å². The van der Waals surface area contributed by atoms with E-state index in [1.165, 1.54) is 11.1 Å². The fourth-order valence-corrected chi connectivity index (χ4v) is 2.44. The topological polar surface area (TPSA) is 46.9 Å². The van der Waals surface area contributed by atoms with Crippen molar-refractivity contribution in [2.24, 2.45) is 0 Å². The fraction of sp³-hybridized carbons (Fsp3) is 0.667. The van der Waals surface area contributed by atoms with Gasteiger partial charge in [0.1, 0.15) is 4.47 Å². The van der Waals surface area contributed by atoms with Crippen LogP contribution in [0.5, 0.6) is 0 Å². The maximum absolute atomic E-state index is 12.0. The summed E-state index contributed by atoms with van der Waals surface area (Å²) >= 11 is 3.37. The molecule has 2 rings (SSSR count). The van der Waals surface area contributed by atoms with Crippen LogP contribution in [0.3, 0.4) is 0 Å². The summed E-state index contributed by atoms with van der Waals surface area (Å²) in [7, 11) is 0. The quantitative estimate of drug-likeness (QED) is 0.933. The molecule has 0 saturated heterocycles. The van der Waals surface area contributed by atoms with Gasteiger partial charge in [0, 0.05) is 5.54 Å². The lowest BCUT2D eigenvalue weighted by molar-refractivity contribution is 0.306. The molecule has 1 heterocycles. The normalized spacial score (nSPS) is 17.9. The van der Waals surface area contributed by atoms with Gasteiger partial charge in [-0.25, -0.2) is 4.68 Å². The predicted octanol–water partition coefficient (Wildman–Crippen LogP) is 2.94. The third-order valence-corrected chi connectivity index (χ3v) is 4.09. The van der Waals surface area contributed by atoms with Crippen LogP contribution in [0.25, 0.3) is 0 Å². The molecular weight excluding hydrogens is 282 g/mol. The van der Waals surface area contributed by atoms with Crippen molar-refractivity contribution in [2.45, 2.75) is 51.6 Å². The van der Waals surface area contributed by atoms with E-state index in [0.717, 1.165) is 18.5 Å². The van der Waals surface area contributed by atoms with Gasteiger partial charge in [-0.2, -0.15) is 5.10 Å². The zero-order valence-electron chi connectivity index (χ0n) is 10.5. The average Bonchev–Trinajstić information content (AvgIpc) is 2.22. The first-order valence-corrected chi connectivity index (χ1v) is 6.78. The zero-order valence-corrected chi connectivity index (χ0v) is 12.0. The van der Waals surface area contributed by atoms with Gasteiger partial charge < -0.3 is 5.32 Å². The van der Waals surface area contributed by atoms with E-state index in [2.05, 4.69) is 33.3 Å². The van der Waals surface area contributed by atoms with Crippen molar-refractivity contribution in [3.05, 3.63) is 21.0 Å². The average molecular weight is 300 g/mol. The number of nitrogens with zero attached hydrogens (tertiary/aromatic N) is 2. The minimum atomic E-state index is -0.0760. The fourth-order valence-electron chi connectivity index (χ4n) is 2.06. The number of halogens is 1. The van der Waals surface area contributed by atoms with E-state index in [9.17, 15) is 4.79 Å². The van der Waals surface area contributed by atoms with Gasteiger partial charge in [-0.15, -0.1) is 0 Å². The first-order chi connectivity index (χ1) is 7.93. The highest BCUT2D eigenvalue weighted by molar-refractivity contribution is 9.10. The summed E-state index contributed by atoms with van der Waals surface area (Å²) in [5.41, 5.74) is 0.850. The molecule has 0 unspecified atom stereocenters. The van der Waals surface area contributed by atoms with Crippen LogP contribution in [0.4, 0.5) is 5.69 Å². The molecule has 0 aromatic carbocycles. The third-order valence-electron chi connectivity index (χ3n) is 3.33. The second kappa shape index (κ2) is 4.44. The molecule has 1 aliphatic rings. The molecule has 0 spiro atoms. The van der Waals surface area contributed by atoms with Crippen molar-refractivity contribution in [1.82, 2.24) is 9.78 Å². The highest BCUT2D eigenvalue weighted by Gasteiger charge is 2.32. The summed E-state index contributed by atoms with van der Waals surface area (Å²) in [5.74, 6) is 0. The van der Waals surface area contributed by atoms with Crippen LogP contribution in [0.15, 0.2) is 15.5 Å². The van der Waals surface area contributed by atoms with Crippen LogP contribution < -0.4 is 10.9 Å². The molecule has 17 heavy (non-hydrogen) atoms. The van der Waals surface area contributed by atoms with Crippen molar-refractivity contribution < 1.29 is 0 Å². The van der Waals surface area contributed by atoms with Crippen LogP contribution in [-0.2, 0) is 0 Å². The van der Waals surface area contributed by atoms with Gasteiger partial charge in [-0.05, 0) is 56.0 Å². The summed E-state index contributed by atoms with van der Waals surface area (Å²) in [5, 5.41) is 7.60. The van der Waals surface area contributed by atoms with Gasteiger partial charge in [0.25, 0.3) is 5.56 Å². The Bertz CT molecular complexity index is 477. The summed E-state index contributed by atoms with van der Waals surface area (Å²) < 4.78 is 2.06. The lowest BCUT2D eigenvalue weighted by atomic mass is 9.78. The van der Waals surface area contributed by atoms with Crippen molar-refractivity contribution in [3.63, 3.8) is 0 Å². The molecule has 1 N–H and O–H groups in total. The molecule has 5 heteroatoms. The Morgan fingerprint density at radius 2 is 2.18 bits per heavy atom. The Balaban J connectivity index is 2.31. The number of hydrogen-bond donors (Lipinski definition) is 1. The summed E-state index contributed by atoms with van der Waals surface area (Å²) in [6.07, 6.45) is 5.27. The molecule has 0 bridgehead atoms. The lowest BCUT2D eigenvalue weighted by Gasteiger charge is -2.40. The van der Waals surface area contributed by atoms with E-state index in [1.54, 1.807) is 6.20 Å². The van der Waals surface area contributed by atoms with Crippen molar-refractivity contribution in [2.75, 3.05) is 5.32 Å². The highest BCUT2D eigenvalue weighted by Crippen LogP contribution is 2.35. The predicted molar refractivity (Wildman–Crippen MR) is 72.5 cm³/mol. The van der Waals surface area contributed by atoms with E-state index in [1.807, 2.05) is 13.8 Å². The molecule has 1 aromatic heterocycles. The standard InChI is InChI=1S/C12H18BrN3O/c1-8(2)16-11(17)10(13)9(7-14-16)15-12(3)5-4-6-12/h7-8,15H,4-6H2,1-3H3. The summed E-state index contributed by atoms with van der Waals surface area (Å²) in [6, 6.07) is 0.0761. The molecule has 1 aromatic rings. The number of aromatic nitrogens is 2. The maximum atomic E-state index is 12.0. The van der Waals surface area contributed by atoms with E-state index in [4.69, 9.17) is 0 Å². The second-order valence-corrected chi connectivity index (χ2v) is 6.05. The molecule has 0 amide bonds. The largest absolute Gasteiger partial charge is 0.378 e. The zero-order chi connectivity index (χ0) is 12.6. The summed E-state index contributed by atoms with van der Waals surface area (Å²) in [4.78, 5) is 12.0. The Morgan fingerprint density at radius 1 is 1.53 bits per heavy atom. The molecular formula is C12H18BrN3O. The first kappa shape index (κ1) is 12.6. The number of nitrogens with one attached hydrogen (secondary N) is 1. The van der Waals surface area contributed by atoms with E-state index in [0.29, 0.717) is 4.47 Å². The van der Waals surface area contributed by atoms with Gasteiger partial charge in [0.15, 0.2) is 0 Å². The minimum Gasteiger partial charge on any atom is -0.378 e. The minimum absolute atomic E-state index is 0.0760. The van der Waals surface area contributed by atoms with Gasteiger partial charge in [-0.3, -0.25) is 4.79 Å². The highest BCUT2D eigenvalue weighted by atomic mass is 79.9. The SMILES string of the molecule is CC(C)n1ncc(NC2(C)CCC2)c(Br)c1=O. The van der Waals surface area contributed by atoms with Crippen LogP contribution in [0.2, 0.25) is 0 Å². The third kappa shape index (κ3) is 2.39. The first-order valence-electron chi connectivity index (χ1n) is 5.98.